The van der Waals surface area contributed by atoms with Crippen LogP contribution >= 0.6 is 0 Å². The molecule has 0 spiro atoms. The van der Waals surface area contributed by atoms with Gasteiger partial charge in [-0.25, -0.2) is 0 Å². The number of nitrogens with zero attached hydrogens (tertiary/aromatic N) is 1. The first-order valence-corrected chi connectivity index (χ1v) is 5.83. The van der Waals surface area contributed by atoms with E-state index in [0.717, 1.165) is 0 Å². The Morgan fingerprint density at radius 1 is 1.44 bits per heavy atom. The zero-order valence-corrected chi connectivity index (χ0v) is 10.6. The fraction of sp³-hybridized carbons (Fsp3) is 0.385. The van der Waals surface area contributed by atoms with Crippen molar-refractivity contribution in [3.8, 4) is 0 Å². The molecule has 0 N–H and O–H groups in total. The Morgan fingerprint density at radius 3 is 2.78 bits per heavy atom. The minimum Gasteiger partial charge on any atom is -0.465 e. The van der Waals surface area contributed by atoms with E-state index in [9.17, 15) is 9.59 Å². The van der Waals surface area contributed by atoms with Gasteiger partial charge in [0.1, 0.15) is 12.3 Å². The summed E-state index contributed by atoms with van der Waals surface area (Å²) in [6, 6.07) is 3.48. The minimum atomic E-state index is -0.404. The van der Waals surface area contributed by atoms with Crippen molar-refractivity contribution in [1.29, 1.82) is 0 Å². The summed E-state index contributed by atoms with van der Waals surface area (Å²) in [7, 11) is 0. The second-order valence-corrected chi connectivity index (χ2v) is 3.51. The van der Waals surface area contributed by atoms with Crippen molar-refractivity contribution < 1.29 is 18.7 Å². The molecule has 5 nitrogen and oxygen atoms in total. The number of carbonyl (C=O) groups is 2. The Bertz CT molecular complexity index is 409. The summed E-state index contributed by atoms with van der Waals surface area (Å²) in [6.45, 7) is 4.25. The fourth-order valence-corrected chi connectivity index (χ4v) is 1.35. The molecule has 0 aliphatic carbocycles. The lowest BCUT2D eigenvalue weighted by molar-refractivity contribution is -0.147. The van der Waals surface area contributed by atoms with Crippen molar-refractivity contribution in [2.45, 2.75) is 13.8 Å². The summed E-state index contributed by atoms with van der Waals surface area (Å²) in [6.07, 6.45) is 4.47. The quantitative estimate of drug-likeness (QED) is 0.570. The molecule has 0 fully saturated rings. The number of likely N-dealkylation sites (N-methyl/N-ethyl adjacent to an activating group) is 1. The lowest BCUT2D eigenvalue weighted by Crippen LogP contribution is -2.35. The van der Waals surface area contributed by atoms with Crippen LogP contribution in [0.2, 0.25) is 0 Å². The van der Waals surface area contributed by atoms with E-state index in [4.69, 9.17) is 9.15 Å². The maximum Gasteiger partial charge on any atom is 0.325 e. The number of amides is 1. The van der Waals surface area contributed by atoms with Crippen LogP contribution < -0.4 is 0 Å². The van der Waals surface area contributed by atoms with Gasteiger partial charge in [-0.05, 0) is 32.1 Å². The highest BCUT2D eigenvalue weighted by molar-refractivity contribution is 5.93. The second-order valence-electron chi connectivity index (χ2n) is 3.51. The first-order chi connectivity index (χ1) is 8.67. The van der Waals surface area contributed by atoms with Crippen LogP contribution in [0.1, 0.15) is 19.6 Å². The smallest absolute Gasteiger partial charge is 0.325 e. The third-order valence-electron chi connectivity index (χ3n) is 2.25. The zero-order valence-electron chi connectivity index (χ0n) is 10.6. The van der Waals surface area contributed by atoms with Crippen LogP contribution in [0.15, 0.2) is 28.9 Å². The van der Waals surface area contributed by atoms with Crippen molar-refractivity contribution in [1.82, 2.24) is 4.90 Å². The SMILES string of the molecule is CCOC(=O)CN(CC)C(=O)/C=C/c1ccco1. The molecule has 0 atom stereocenters. The Balaban J connectivity index is 2.54. The molecule has 0 radical (unpaired) electrons. The number of ether oxygens (including phenoxy) is 1. The molecule has 0 unspecified atom stereocenters. The Labute approximate surface area is 106 Å². The number of hydrogen-bond donors (Lipinski definition) is 0. The van der Waals surface area contributed by atoms with Gasteiger partial charge in [0.25, 0.3) is 0 Å². The van der Waals surface area contributed by atoms with Gasteiger partial charge in [0, 0.05) is 12.6 Å². The third kappa shape index (κ3) is 4.45. The van der Waals surface area contributed by atoms with Crippen LogP contribution in [0.25, 0.3) is 6.08 Å². The molecule has 1 heterocycles. The molecule has 0 saturated carbocycles. The molecular weight excluding hydrogens is 234 g/mol. The molecule has 1 amide bonds. The minimum absolute atomic E-state index is 0.0360. The summed E-state index contributed by atoms with van der Waals surface area (Å²) in [5.74, 6) is -0.0587. The average Bonchev–Trinajstić information content (AvgIpc) is 2.86. The summed E-state index contributed by atoms with van der Waals surface area (Å²) in [5.41, 5.74) is 0. The Hall–Kier alpha value is -2.04. The molecular formula is C13H17NO4. The van der Waals surface area contributed by atoms with Crippen LogP contribution in [-0.4, -0.2) is 36.5 Å². The molecule has 98 valence electrons. The molecule has 0 bridgehead atoms. The van der Waals surface area contributed by atoms with E-state index in [0.29, 0.717) is 18.9 Å². The number of esters is 1. The maximum atomic E-state index is 11.8. The first-order valence-electron chi connectivity index (χ1n) is 5.83. The van der Waals surface area contributed by atoms with Gasteiger partial charge in [0.15, 0.2) is 0 Å². The summed E-state index contributed by atoms with van der Waals surface area (Å²) < 4.78 is 9.87. The lowest BCUT2D eigenvalue weighted by Gasteiger charge is -2.17. The highest BCUT2D eigenvalue weighted by Gasteiger charge is 2.13. The van der Waals surface area contributed by atoms with E-state index in [1.165, 1.54) is 17.2 Å². The second kappa shape index (κ2) is 7.32. The van der Waals surface area contributed by atoms with Gasteiger partial charge < -0.3 is 14.1 Å². The van der Waals surface area contributed by atoms with Gasteiger partial charge in [-0.1, -0.05) is 0 Å². The van der Waals surface area contributed by atoms with Gasteiger partial charge in [-0.2, -0.15) is 0 Å². The van der Waals surface area contributed by atoms with Crippen LogP contribution in [0.3, 0.4) is 0 Å². The van der Waals surface area contributed by atoms with Crippen molar-refractivity contribution in [3.05, 3.63) is 30.2 Å². The van der Waals surface area contributed by atoms with Crippen LogP contribution in [0.4, 0.5) is 0 Å². The largest absolute Gasteiger partial charge is 0.465 e. The van der Waals surface area contributed by atoms with E-state index < -0.39 is 5.97 Å². The number of rotatable bonds is 6. The van der Waals surface area contributed by atoms with E-state index in [2.05, 4.69) is 0 Å². The molecule has 0 aliphatic rings. The monoisotopic (exact) mass is 251 g/mol. The summed E-state index contributed by atoms with van der Waals surface area (Å²) in [4.78, 5) is 24.5. The molecule has 1 aromatic heterocycles. The van der Waals surface area contributed by atoms with Gasteiger partial charge >= 0.3 is 5.97 Å². The van der Waals surface area contributed by atoms with Crippen molar-refractivity contribution in [2.75, 3.05) is 19.7 Å². The molecule has 0 aromatic carbocycles. The van der Waals surface area contributed by atoms with Gasteiger partial charge in [0.2, 0.25) is 5.91 Å². The van der Waals surface area contributed by atoms with E-state index in [1.807, 2.05) is 0 Å². The fourth-order valence-electron chi connectivity index (χ4n) is 1.35. The first kappa shape index (κ1) is 14.0. The topological polar surface area (TPSA) is 59.8 Å². The normalized spacial score (nSPS) is 10.6. The van der Waals surface area contributed by atoms with Gasteiger partial charge in [-0.15, -0.1) is 0 Å². The van der Waals surface area contributed by atoms with Gasteiger partial charge in [0.05, 0.1) is 12.9 Å². The third-order valence-corrected chi connectivity index (χ3v) is 2.25. The van der Waals surface area contributed by atoms with Crippen molar-refractivity contribution >= 4 is 18.0 Å². The predicted molar refractivity (Wildman–Crippen MR) is 66.6 cm³/mol. The zero-order chi connectivity index (χ0) is 13.4. The molecule has 1 aromatic rings. The molecule has 5 heteroatoms. The molecule has 1 rings (SSSR count). The van der Waals surface area contributed by atoms with Crippen LogP contribution in [-0.2, 0) is 14.3 Å². The van der Waals surface area contributed by atoms with Gasteiger partial charge in [-0.3, -0.25) is 9.59 Å². The number of furan rings is 1. The molecule has 0 saturated heterocycles. The summed E-state index contributed by atoms with van der Waals surface area (Å²) >= 11 is 0. The maximum absolute atomic E-state index is 11.8. The number of carbonyl (C=O) groups excluding carboxylic acids is 2. The standard InChI is InChI=1S/C13H17NO4/c1-3-14(10-13(16)17-4-2)12(15)8-7-11-6-5-9-18-11/h5-9H,3-4,10H2,1-2H3/b8-7+. The van der Waals surface area contributed by atoms with Crippen LogP contribution in [0, 0.1) is 0 Å². The van der Waals surface area contributed by atoms with Crippen LogP contribution in [0.5, 0.6) is 0 Å². The highest BCUT2D eigenvalue weighted by Crippen LogP contribution is 2.03. The van der Waals surface area contributed by atoms with Crippen molar-refractivity contribution in [3.63, 3.8) is 0 Å². The van der Waals surface area contributed by atoms with E-state index in [-0.39, 0.29) is 12.5 Å². The Kier molecular flexibility index (Phi) is 5.70. The molecule has 18 heavy (non-hydrogen) atoms. The average molecular weight is 251 g/mol. The molecule has 0 aliphatic heterocycles. The number of hydrogen-bond acceptors (Lipinski definition) is 4. The van der Waals surface area contributed by atoms with Crippen molar-refractivity contribution in [2.24, 2.45) is 0 Å². The Morgan fingerprint density at radius 2 is 2.22 bits per heavy atom. The summed E-state index contributed by atoms with van der Waals surface area (Å²) in [5, 5.41) is 0. The van der Waals surface area contributed by atoms with E-state index >= 15 is 0 Å². The lowest BCUT2D eigenvalue weighted by atomic mass is 10.3. The van der Waals surface area contributed by atoms with E-state index in [1.54, 1.807) is 32.1 Å². The highest BCUT2D eigenvalue weighted by atomic mass is 16.5. The predicted octanol–water partition coefficient (Wildman–Crippen LogP) is 1.70.